The van der Waals surface area contributed by atoms with Crippen molar-refractivity contribution in [2.24, 2.45) is 5.73 Å². The second kappa shape index (κ2) is 6.48. The molecule has 106 valence electrons. The molecular weight excluding hydrogens is 342 g/mol. The fraction of sp³-hybridized carbons (Fsp3) is 0.200. The highest BCUT2D eigenvalue weighted by Crippen LogP contribution is 2.35. The molecule has 20 heavy (non-hydrogen) atoms. The van der Waals surface area contributed by atoms with Crippen molar-refractivity contribution >= 4 is 27.5 Å². The van der Waals surface area contributed by atoms with E-state index in [-0.39, 0.29) is 6.04 Å². The summed E-state index contributed by atoms with van der Waals surface area (Å²) in [6.45, 7) is 0. The maximum Gasteiger partial charge on any atom is 0.124 e. The average molecular weight is 357 g/mol. The zero-order valence-electron chi connectivity index (χ0n) is 11.2. The van der Waals surface area contributed by atoms with E-state index in [2.05, 4.69) is 15.9 Å². The minimum absolute atomic E-state index is 0.344. The molecule has 1 unspecified atom stereocenters. The Morgan fingerprint density at radius 2 is 1.80 bits per heavy atom. The topological polar surface area (TPSA) is 44.5 Å². The first-order valence-corrected chi connectivity index (χ1v) is 7.16. The predicted molar refractivity (Wildman–Crippen MR) is 84.7 cm³/mol. The van der Waals surface area contributed by atoms with Gasteiger partial charge < -0.3 is 15.2 Å². The lowest BCUT2D eigenvalue weighted by Crippen LogP contribution is -2.13. The van der Waals surface area contributed by atoms with E-state index in [4.69, 9.17) is 26.8 Å². The molecule has 0 amide bonds. The summed E-state index contributed by atoms with van der Waals surface area (Å²) >= 11 is 9.57. The molecule has 5 heteroatoms. The maximum absolute atomic E-state index is 6.34. The molecule has 0 spiro atoms. The molecule has 0 saturated carbocycles. The summed E-state index contributed by atoms with van der Waals surface area (Å²) in [6.07, 6.45) is 0. The van der Waals surface area contributed by atoms with E-state index >= 15 is 0 Å². The van der Waals surface area contributed by atoms with Crippen molar-refractivity contribution in [1.82, 2.24) is 0 Å². The fourth-order valence-electron chi connectivity index (χ4n) is 2.00. The van der Waals surface area contributed by atoms with E-state index < -0.39 is 0 Å². The average Bonchev–Trinajstić information content (AvgIpc) is 2.46. The Morgan fingerprint density at radius 3 is 2.40 bits per heavy atom. The van der Waals surface area contributed by atoms with E-state index in [1.807, 2.05) is 30.3 Å². The normalized spacial score (nSPS) is 12.1. The monoisotopic (exact) mass is 355 g/mol. The summed E-state index contributed by atoms with van der Waals surface area (Å²) in [4.78, 5) is 0. The summed E-state index contributed by atoms with van der Waals surface area (Å²) < 4.78 is 11.4. The molecule has 0 radical (unpaired) electrons. The minimum atomic E-state index is -0.344. The Labute approximate surface area is 131 Å². The first kappa shape index (κ1) is 15.2. The Morgan fingerprint density at radius 1 is 1.05 bits per heavy atom. The summed E-state index contributed by atoms with van der Waals surface area (Å²) in [7, 11) is 3.24. The zero-order valence-corrected chi connectivity index (χ0v) is 13.5. The van der Waals surface area contributed by atoms with Crippen molar-refractivity contribution < 1.29 is 9.47 Å². The smallest absolute Gasteiger partial charge is 0.124 e. The molecule has 0 aliphatic carbocycles. The van der Waals surface area contributed by atoms with Gasteiger partial charge in [-0.05, 0) is 35.9 Å². The molecule has 2 N–H and O–H groups in total. The predicted octanol–water partition coefficient (Wildman–Crippen LogP) is 4.17. The van der Waals surface area contributed by atoms with Crippen LogP contribution in [0, 0.1) is 0 Å². The van der Waals surface area contributed by atoms with Crippen LogP contribution in [0.15, 0.2) is 40.9 Å². The number of nitrogens with two attached hydrogens (primary N) is 1. The Kier molecular flexibility index (Phi) is 4.91. The van der Waals surface area contributed by atoms with Gasteiger partial charge in [0.15, 0.2) is 0 Å². The van der Waals surface area contributed by atoms with Crippen molar-refractivity contribution in [3.63, 3.8) is 0 Å². The van der Waals surface area contributed by atoms with Crippen molar-refractivity contribution in [3.8, 4) is 11.5 Å². The van der Waals surface area contributed by atoms with Gasteiger partial charge >= 0.3 is 0 Å². The van der Waals surface area contributed by atoms with Crippen LogP contribution in [-0.4, -0.2) is 14.2 Å². The molecule has 1 atom stereocenters. The largest absolute Gasteiger partial charge is 0.497 e. The molecule has 0 aliphatic rings. The van der Waals surface area contributed by atoms with Crippen LogP contribution in [0.2, 0.25) is 5.02 Å². The van der Waals surface area contributed by atoms with E-state index in [9.17, 15) is 0 Å². The van der Waals surface area contributed by atoms with Crippen molar-refractivity contribution in [3.05, 3.63) is 57.0 Å². The lowest BCUT2D eigenvalue weighted by Gasteiger charge is -2.18. The number of methoxy groups -OCH3 is 2. The molecule has 0 bridgehead atoms. The molecule has 0 aromatic heterocycles. The second-order valence-electron chi connectivity index (χ2n) is 4.25. The van der Waals surface area contributed by atoms with Crippen molar-refractivity contribution in [1.29, 1.82) is 0 Å². The first-order chi connectivity index (χ1) is 9.56. The van der Waals surface area contributed by atoms with Gasteiger partial charge in [0.1, 0.15) is 11.5 Å². The third kappa shape index (κ3) is 3.08. The summed E-state index contributed by atoms with van der Waals surface area (Å²) in [5.74, 6) is 1.48. The molecule has 3 nitrogen and oxygen atoms in total. The van der Waals surface area contributed by atoms with Crippen LogP contribution in [0.4, 0.5) is 0 Å². The Bertz CT molecular complexity index is 619. The van der Waals surface area contributed by atoms with Gasteiger partial charge in [-0.2, -0.15) is 0 Å². The third-order valence-corrected chi connectivity index (χ3v) is 3.99. The number of hydrogen-bond acceptors (Lipinski definition) is 3. The molecule has 2 aromatic carbocycles. The van der Waals surface area contributed by atoms with Crippen molar-refractivity contribution in [2.75, 3.05) is 14.2 Å². The summed E-state index contributed by atoms with van der Waals surface area (Å²) in [5.41, 5.74) is 8.12. The molecule has 0 saturated heterocycles. The molecule has 0 heterocycles. The van der Waals surface area contributed by atoms with Gasteiger partial charge in [-0.25, -0.2) is 0 Å². The van der Waals surface area contributed by atoms with Gasteiger partial charge in [0.2, 0.25) is 0 Å². The summed E-state index contributed by atoms with van der Waals surface area (Å²) in [6, 6.07) is 10.7. The molecule has 2 rings (SSSR count). The molecule has 2 aromatic rings. The highest BCUT2D eigenvalue weighted by Gasteiger charge is 2.17. The second-order valence-corrected chi connectivity index (χ2v) is 5.54. The zero-order chi connectivity index (χ0) is 14.7. The standard InChI is InChI=1S/C15H15BrClNO2/c1-19-10-4-5-11(13(16)8-10)15(18)12-7-9(17)3-6-14(12)20-2/h3-8,15H,18H2,1-2H3. The number of halogens is 2. The van der Waals surface area contributed by atoms with Crippen LogP contribution in [0.3, 0.4) is 0 Å². The van der Waals surface area contributed by atoms with Crippen LogP contribution in [0.25, 0.3) is 0 Å². The van der Waals surface area contributed by atoms with Crippen LogP contribution in [0.5, 0.6) is 11.5 Å². The first-order valence-electron chi connectivity index (χ1n) is 5.99. The Hall–Kier alpha value is -1.23. The van der Waals surface area contributed by atoms with Crippen molar-refractivity contribution in [2.45, 2.75) is 6.04 Å². The van der Waals surface area contributed by atoms with E-state index in [1.165, 1.54) is 0 Å². The highest BCUT2D eigenvalue weighted by atomic mass is 79.9. The van der Waals surface area contributed by atoms with Crippen LogP contribution in [-0.2, 0) is 0 Å². The lowest BCUT2D eigenvalue weighted by molar-refractivity contribution is 0.407. The lowest BCUT2D eigenvalue weighted by atomic mass is 9.98. The van der Waals surface area contributed by atoms with Gasteiger partial charge in [-0.15, -0.1) is 0 Å². The van der Waals surface area contributed by atoms with Crippen LogP contribution in [0.1, 0.15) is 17.2 Å². The molecule has 0 aliphatic heterocycles. The number of ether oxygens (including phenoxy) is 2. The van der Waals surface area contributed by atoms with Gasteiger partial charge in [0.25, 0.3) is 0 Å². The number of hydrogen-bond donors (Lipinski definition) is 1. The maximum atomic E-state index is 6.34. The third-order valence-electron chi connectivity index (χ3n) is 3.07. The van der Waals surface area contributed by atoms with E-state index in [1.54, 1.807) is 20.3 Å². The van der Waals surface area contributed by atoms with E-state index in [0.717, 1.165) is 21.3 Å². The van der Waals surface area contributed by atoms with Gasteiger partial charge in [-0.3, -0.25) is 0 Å². The van der Waals surface area contributed by atoms with E-state index in [0.29, 0.717) is 10.8 Å². The SMILES string of the molecule is COc1ccc(C(N)c2cc(Cl)ccc2OC)c(Br)c1. The summed E-state index contributed by atoms with van der Waals surface area (Å²) in [5, 5.41) is 0.626. The van der Waals surface area contributed by atoms with Gasteiger partial charge in [0.05, 0.1) is 20.3 Å². The van der Waals surface area contributed by atoms with Crippen LogP contribution < -0.4 is 15.2 Å². The molecule has 0 fully saturated rings. The van der Waals surface area contributed by atoms with Gasteiger partial charge in [-0.1, -0.05) is 33.6 Å². The van der Waals surface area contributed by atoms with Gasteiger partial charge in [0, 0.05) is 15.1 Å². The van der Waals surface area contributed by atoms with Crippen LogP contribution >= 0.6 is 27.5 Å². The minimum Gasteiger partial charge on any atom is -0.497 e. The number of rotatable bonds is 4. The quantitative estimate of drug-likeness (QED) is 0.894. The fourth-order valence-corrected chi connectivity index (χ4v) is 2.79. The molecular formula is C15H15BrClNO2. The number of benzene rings is 2. The highest BCUT2D eigenvalue weighted by molar-refractivity contribution is 9.10. The Balaban J connectivity index is 2.45.